The van der Waals surface area contributed by atoms with Gasteiger partial charge in [-0.1, -0.05) is 48.5 Å². The van der Waals surface area contributed by atoms with Crippen LogP contribution in [0.25, 0.3) is 0 Å². The second-order valence-corrected chi connectivity index (χ2v) is 4.16. The third-order valence-corrected chi connectivity index (χ3v) is 2.98. The fourth-order valence-electron chi connectivity index (χ4n) is 2.12. The number of hydrogen-bond donors (Lipinski definition) is 0. The number of hydrogen-bond acceptors (Lipinski definition) is 2. The zero-order chi connectivity index (χ0) is 11.7. The van der Waals surface area contributed by atoms with Crippen LogP contribution in [0.15, 0.2) is 54.6 Å². The van der Waals surface area contributed by atoms with Gasteiger partial charge in [0.1, 0.15) is 5.75 Å². The summed E-state index contributed by atoms with van der Waals surface area (Å²) in [5, 5.41) is 0. The summed E-state index contributed by atoms with van der Waals surface area (Å²) < 4.78 is 5.78. The molecule has 1 atom stereocenters. The summed E-state index contributed by atoms with van der Waals surface area (Å²) in [5.41, 5.74) is 1.90. The van der Waals surface area contributed by atoms with E-state index in [2.05, 4.69) is 0 Å². The molecule has 0 amide bonds. The molecule has 1 unspecified atom stereocenters. The molecule has 0 saturated heterocycles. The predicted molar refractivity (Wildman–Crippen MR) is 72.1 cm³/mol. The average molecular weight is 264 g/mol. The summed E-state index contributed by atoms with van der Waals surface area (Å²) in [6, 6.07) is 17.3. The molecule has 3 heteroatoms. The summed E-state index contributed by atoms with van der Waals surface area (Å²) in [6.45, 7) is 0. The van der Waals surface area contributed by atoms with E-state index in [1.165, 1.54) is 0 Å². The van der Waals surface area contributed by atoms with Crippen LogP contribution in [0.3, 0.4) is 0 Å². The molecule has 86 valence electrons. The maximum atomic E-state index is 12.0. The molecule has 2 aromatic rings. The Bertz CT molecular complexity index is 551. The molecule has 0 aromatic heterocycles. The van der Waals surface area contributed by atoms with Crippen LogP contribution in [0.1, 0.15) is 17.2 Å². The molecule has 0 saturated carbocycles. The van der Waals surface area contributed by atoms with Crippen LogP contribution < -0.4 is 4.74 Å². The van der Waals surface area contributed by atoms with Crippen LogP contribution >= 0.6 is 0 Å². The van der Waals surface area contributed by atoms with Crippen molar-refractivity contribution in [2.75, 3.05) is 0 Å². The number of ether oxygens (including phenoxy) is 1. The molecule has 2 nitrogen and oxygen atoms in total. The number of carbonyl (C=O) groups excluding carboxylic acids is 1. The van der Waals surface area contributed by atoms with Gasteiger partial charge in [0.2, 0.25) is 0 Å². The Kier molecular flexibility index (Phi) is 4.75. The van der Waals surface area contributed by atoms with Gasteiger partial charge in [-0.05, 0) is 11.6 Å². The third-order valence-electron chi connectivity index (χ3n) is 2.98. The zero-order valence-corrected chi connectivity index (χ0v) is 9.30. The number of para-hydroxylation sites is 1. The summed E-state index contributed by atoms with van der Waals surface area (Å²) in [4.78, 5) is 12.0. The molecule has 1 aliphatic heterocycles. The molecule has 0 aliphatic carbocycles. The number of fused-ring (bicyclic) bond motifs is 1. The number of ketones is 1. The van der Waals surface area contributed by atoms with Crippen LogP contribution in [0, 0.1) is 0 Å². The van der Waals surface area contributed by atoms with E-state index in [1.54, 1.807) is 0 Å². The van der Waals surface area contributed by atoms with Gasteiger partial charge >= 0.3 is 51.4 Å². The molecular weight excluding hydrogens is 251 g/mol. The number of carbonyl (C=O) groups is 1. The van der Waals surface area contributed by atoms with E-state index in [1.807, 2.05) is 54.6 Å². The van der Waals surface area contributed by atoms with Crippen molar-refractivity contribution in [2.24, 2.45) is 0 Å². The fraction of sp³-hybridized carbons (Fsp3) is 0.133. The Hall–Kier alpha value is -0.454. The van der Waals surface area contributed by atoms with Crippen molar-refractivity contribution in [3.63, 3.8) is 0 Å². The molecule has 0 fully saturated rings. The summed E-state index contributed by atoms with van der Waals surface area (Å²) in [7, 11) is 0. The third kappa shape index (κ3) is 2.76. The first-order chi connectivity index (χ1) is 8.34. The van der Waals surface area contributed by atoms with Gasteiger partial charge in [0.05, 0.1) is 0 Å². The van der Waals surface area contributed by atoms with Crippen LogP contribution in [0.5, 0.6) is 5.75 Å². The van der Waals surface area contributed by atoms with Gasteiger partial charge in [0.15, 0.2) is 11.9 Å². The molecule has 3 rings (SSSR count). The van der Waals surface area contributed by atoms with E-state index in [4.69, 9.17) is 4.74 Å². The second-order valence-electron chi connectivity index (χ2n) is 4.16. The van der Waals surface area contributed by atoms with Crippen molar-refractivity contribution in [3.05, 3.63) is 65.7 Å². The maximum absolute atomic E-state index is 12.0. The normalized spacial score (nSPS) is 17.3. The Labute approximate surface area is 149 Å². The molecule has 18 heavy (non-hydrogen) atoms. The average Bonchev–Trinajstić information content (AvgIpc) is 2.39. The van der Waals surface area contributed by atoms with E-state index in [0.29, 0.717) is 6.42 Å². The van der Waals surface area contributed by atoms with Crippen molar-refractivity contribution in [3.8, 4) is 5.75 Å². The topological polar surface area (TPSA) is 26.3 Å². The predicted octanol–water partition coefficient (Wildman–Crippen LogP) is 2.28. The minimum absolute atomic E-state index is 0. The second kappa shape index (κ2) is 6.13. The van der Waals surface area contributed by atoms with E-state index in [0.717, 1.165) is 16.9 Å². The van der Waals surface area contributed by atoms with Gasteiger partial charge in [-0.2, -0.15) is 0 Å². The summed E-state index contributed by atoms with van der Waals surface area (Å²) >= 11 is 0. The molecule has 1 aliphatic rings. The SMILES string of the molecule is O=C1Cc2ccccc2OC1c1ccccc1.[KH]. The number of rotatable bonds is 1. The van der Waals surface area contributed by atoms with E-state index >= 15 is 0 Å². The van der Waals surface area contributed by atoms with E-state index in [9.17, 15) is 4.79 Å². The van der Waals surface area contributed by atoms with Gasteiger partial charge < -0.3 is 4.74 Å². The monoisotopic (exact) mass is 264 g/mol. The first kappa shape index (κ1) is 14.0. The zero-order valence-electron chi connectivity index (χ0n) is 9.30. The Morgan fingerprint density at radius 3 is 2.39 bits per heavy atom. The van der Waals surface area contributed by atoms with Gasteiger partial charge in [0, 0.05) is 12.0 Å². The minimum atomic E-state index is -0.453. The van der Waals surface area contributed by atoms with Crippen molar-refractivity contribution < 1.29 is 9.53 Å². The Morgan fingerprint density at radius 1 is 0.944 bits per heavy atom. The van der Waals surface area contributed by atoms with Gasteiger partial charge in [0.25, 0.3) is 0 Å². The van der Waals surface area contributed by atoms with E-state index in [-0.39, 0.29) is 57.2 Å². The Morgan fingerprint density at radius 2 is 1.61 bits per heavy atom. The van der Waals surface area contributed by atoms with Crippen LogP contribution in [0.4, 0.5) is 0 Å². The summed E-state index contributed by atoms with van der Waals surface area (Å²) in [6.07, 6.45) is 0.00142. The standard InChI is InChI=1S/C15H12O2.K.H/c16-13-10-12-8-4-5-9-14(12)17-15(13)11-6-2-1-3-7-11;;/h1-9,15H,10H2;;. The van der Waals surface area contributed by atoms with Crippen molar-refractivity contribution in [1.82, 2.24) is 0 Å². The first-order valence-corrected chi connectivity index (χ1v) is 5.67. The quantitative estimate of drug-likeness (QED) is 0.739. The van der Waals surface area contributed by atoms with Crippen molar-refractivity contribution >= 4 is 57.2 Å². The van der Waals surface area contributed by atoms with Crippen LogP contribution in [-0.2, 0) is 11.2 Å². The van der Waals surface area contributed by atoms with Gasteiger partial charge in [-0.25, -0.2) is 0 Å². The molecule has 0 N–H and O–H groups in total. The van der Waals surface area contributed by atoms with Gasteiger partial charge in [-0.3, -0.25) is 4.79 Å². The van der Waals surface area contributed by atoms with Gasteiger partial charge in [-0.15, -0.1) is 0 Å². The molecule has 0 bridgehead atoms. The molecule has 2 aromatic carbocycles. The van der Waals surface area contributed by atoms with Crippen molar-refractivity contribution in [1.29, 1.82) is 0 Å². The van der Waals surface area contributed by atoms with Crippen molar-refractivity contribution in [2.45, 2.75) is 12.5 Å². The molecule has 0 radical (unpaired) electrons. The number of benzene rings is 2. The van der Waals surface area contributed by atoms with Crippen LogP contribution in [-0.4, -0.2) is 57.2 Å². The molecule has 1 heterocycles. The summed E-state index contributed by atoms with van der Waals surface area (Å²) in [5.74, 6) is 0.941. The molecular formula is C15H13KO2. The fourth-order valence-corrected chi connectivity index (χ4v) is 2.12. The molecule has 0 spiro atoms. The van der Waals surface area contributed by atoms with E-state index < -0.39 is 6.10 Å². The Balaban J connectivity index is 0.00000120. The van der Waals surface area contributed by atoms with Crippen LogP contribution in [0.2, 0.25) is 0 Å². The number of Topliss-reactive ketones (excluding diaryl/α,β-unsaturated/α-hetero) is 1. The first-order valence-electron chi connectivity index (χ1n) is 5.67.